The van der Waals surface area contributed by atoms with E-state index in [0.717, 1.165) is 18.9 Å². The monoisotopic (exact) mass is 324 g/mol. The van der Waals surface area contributed by atoms with Gasteiger partial charge in [-0.05, 0) is 44.6 Å². The van der Waals surface area contributed by atoms with Gasteiger partial charge in [0.15, 0.2) is 0 Å². The van der Waals surface area contributed by atoms with Crippen molar-refractivity contribution in [3.8, 4) is 0 Å². The maximum absolute atomic E-state index is 12.0. The van der Waals surface area contributed by atoms with E-state index in [1.807, 2.05) is 0 Å². The molecular weight excluding hydrogens is 292 g/mol. The molecule has 2 rings (SSSR count). The van der Waals surface area contributed by atoms with Crippen molar-refractivity contribution >= 4 is 11.9 Å². The van der Waals surface area contributed by atoms with Crippen LogP contribution in [-0.4, -0.2) is 49.6 Å². The smallest absolute Gasteiger partial charge is 0.305 e. The van der Waals surface area contributed by atoms with Crippen LogP contribution in [0.3, 0.4) is 0 Å². The third-order valence-corrected chi connectivity index (χ3v) is 5.12. The van der Waals surface area contributed by atoms with E-state index in [0.29, 0.717) is 19.3 Å². The van der Waals surface area contributed by atoms with Gasteiger partial charge in [-0.2, -0.15) is 0 Å². The van der Waals surface area contributed by atoms with Crippen molar-refractivity contribution in [2.45, 2.75) is 70.3 Å². The van der Waals surface area contributed by atoms with Crippen LogP contribution in [0.15, 0.2) is 0 Å². The molecule has 5 heteroatoms. The van der Waals surface area contributed by atoms with Gasteiger partial charge in [-0.3, -0.25) is 9.59 Å². The second kappa shape index (κ2) is 9.91. The zero-order valence-corrected chi connectivity index (χ0v) is 14.5. The molecule has 1 aliphatic carbocycles. The number of nitrogens with one attached hydrogen (secondary N) is 1. The van der Waals surface area contributed by atoms with Gasteiger partial charge in [0.1, 0.15) is 0 Å². The Morgan fingerprint density at radius 1 is 1.09 bits per heavy atom. The van der Waals surface area contributed by atoms with Gasteiger partial charge < -0.3 is 15.0 Å². The summed E-state index contributed by atoms with van der Waals surface area (Å²) < 4.78 is 4.59. The summed E-state index contributed by atoms with van der Waals surface area (Å²) in [5.74, 6) is 0.686. The third kappa shape index (κ3) is 6.90. The molecule has 0 spiro atoms. The lowest BCUT2D eigenvalue weighted by atomic mass is 9.88. The van der Waals surface area contributed by atoms with Crippen LogP contribution in [0.5, 0.6) is 0 Å². The second-order valence-electron chi connectivity index (χ2n) is 7.10. The number of likely N-dealkylation sites (tertiary alicyclic amines) is 1. The molecule has 1 amide bonds. The summed E-state index contributed by atoms with van der Waals surface area (Å²) in [6.45, 7) is 3.36. The van der Waals surface area contributed by atoms with Crippen molar-refractivity contribution in [1.82, 2.24) is 10.2 Å². The van der Waals surface area contributed by atoms with Gasteiger partial charge in [0, 0.05) is 32.0 Å². The first-order valence-electron chi connectivity index (χ1n) is 9.26. The molecule has 5 nitrogen and oxygen atoms in total. The van der Waals surface area contributed by atoms with Crippen molar-refractivity contribution in [1.29, 1.82) is 0 Å². The van der Waals surface area contributed by atoms with Crippen LogP contribution in [0.1, 0.15) is 64.2 Å². The summed E-state index contributed by atoms with van der Waals surface area (Å²) in [5, 5.41) is 3.15. The lowest BCUT2D eigenvalue weighted by molar-refractivity contribution is -0.140. The van der Waals surface area contributed by atoms with E-state index in [-0.39, 0.29) is 17.9 Å². The average molecular weight is 324 g/mol. The molecule has 132 valence electrons. The zero-order chi connectivity index (χ0) is 16.5. The van der Waals surface area contributed by atoms with Gasteiger partial charge in [-0.15, -0.1) is 0 Å². The first-order valence-corrected chi connectivity index (χ1v) is 9.26. The maximum atomic E-state index is 12.0. The molecule has 1 heterocycles. The van der Waals surface area contributed by atoms with E-state index in [2.05, 4.69) is 15.0 Å². The number of esters is 1. The fourth-order valence-corrected chi connectivity index (χ4v) is 3.87. The normalized spacial score (nSPS) is 23.4. The molecule has 1 aliphatic heterocycles. The van der Waals surface area contributed by atoms with Crippen LogP contribution in [0, 0.1) is 5.92 Å². The molecule has 1 N–H and O–H groups in total. The third-order valence-electron chi connectivity index (χ3n) is 5.12. The fourth-order valence-electron chi connectivity index (χ4n) is 3.87. The highest BCUT2D eigenvalue weighted by Crippen LogP contribution is 2.25. The Labute approximate surface area is 140 Å². The van der Waals surface area contributed by atoms with Gasteiger partial charge in [0.05, 0.1) is 7.11 Å². The molecule has 0 aromatic carbocycles. The number of carbonyl (C=O) groups is 2. The summed E-state index contributed by atoms with van der Waals surface area (Å²) in [5.41, 5.74) is 0. The number of rotatable bonds is 7. The van der Waals surface area contributed by atoms with E-state index in [9.17, 15) is 9.59 Å². The molecular formula is C18H32N2O3. The fraction of sp³-hybridized carbons (Fsp3) is 0.889. The first-order chi connectivity index (χ1) is 11.2. The van der Waals surface area contributed by atoms with Crippen LogP contribution in [0.2, 0.25) is 0 Å². The van der Waals surface area contributed by atoms with E-state index in [1.54, 1.807) is 0 Å². The molecule has 0 bridgehead atoms. The highest BCUT2D eigenvalue weighted by atomic mass is 16.5. The summed E-state index contributed by atoms with van der Waals surface area (Å²) in [6, 6.07) is 0.276. The van der Waals surface area contributed by atoms with Crippen molar-refractivity contribution in [3.05, 3.63) is 0 Å². The Morgan fingerprint density at radius 3 is 2.61 bits per heavy atom. The highest BCUT2D eigenvalue weighted by Gasteiger charge is 2.24. The molecule has 2 aliphatic rings. The predicted molar refractivity (Wildman–Crippen MR) is 90.0 cm³/mol. The topological polar surface area (TPSA) is 58.6 Å². The van der Waals surface area contributed by atoms with Crippen LogP contribution < -0.4 is 5.32 Å². The lowest BCUT2D eigenvalue weighted by Crippen LogP contribution is -2.48. The predicted octanol–water partition coefficient (Wildman–Crippen LogP) is 2.49. The van der Waals surface area contributed by atoms with Crippen LogP contribution in [0.4, 0.5) is 0 Å². The Bertz CT molecular complexity index is 380. The molecule has 0 radical (unpaired) electrons. The molecule has 0 aromatic rings. The lowest BCUT2D eigenvalue weighted by Gasteiger charge is -2.36. The molecule has 1 unspecified atom stereocenters. The van der Waals surface area contributed by atoms with Crippen LogP contribution in [-0.2, 0) is 14.3 Å². The second-order valence-corrected chi connectivity index (χ2v) is 7.10. The Hall–Kier alpha value is -1.10. The van der Waals surface area contributed by atoms with E-state index < -0.39 is 0 Å². The average Bonchev–Trinajstić information content (AvgIpc) is 2.56. The number of piperidine rings is 1. The first kappa shape index (κ1) is 18.2. The van der Waals surface area contributed by atoms with Gasteiger partial charge in [-0.1, -0.05) is 19.3 Å². The molecule has 0 aromatic heterocycles. The Balaban J connectivity index is 1.64. The number of methoxy groups -OCH3 is 1. The standard InChI is InChI=1S/C18H32N2O3/c1-23-18(22)11-5-10-17(21)19-16-9-6-12-20(14-16)13-15-7-3-2-4-8-15/h15-16H,2-14H2,1H3,(H,19,21). The largest absolute Gasteiger partial charge is 0.469 e. The quantitative estimate of drug-likeness (QED) is 0.731. The minimum Gasteiger partial charge on any atom is -0.469 e. The number of amides is 1. The summed E-state index contributed by atoms with van der Waals surface area (Å²) in [6.07, 6.45) is 10.5. The molecule has 1 atom stereocenters. The SMILES string of the molecule is COC(=O)CCCC(=O)NC1CCCN(CC2CCCCC2)C1. The van der Waals surface area contributed by atoms with Gasteiger partial charge in [0.2, 0.25) is 5.91 Å². The summed E-state index contributed by atoms with van der Waals surface area (Å²) >= 11 is 0. The van der Waals surface area contributed by atoms with Crippen molar-refractivity contribution in [2.75, 3.05) is 26.7 Å². The number of hydrogen-bond donors (Lipinski definition) is 1. The molecule has 2 fully saturated rings. The van der Waals surface area contributed by atoms with E-state index in [4.69, 9.17) is 0 Å². The number of hydrogen-bond acceptors (Lipinski definition) is 4. The van der Waals surface area contributed by atoms with E-state index >= 15 is 0 Å². The Kier molecular flexibility index (Phi) is 7.86. The maximum Gasteiger partial charge on any atom is 0.305 e. The Morgan fingerprint density at radius 2 is 1.87 bits per heavy atom. The van der Waals surface area contributed by atoms with Gasteiger partial charge in [0.25, 0.3) is 0 Å². The molecule has 23 heavy (non-hydrogen) atoms. The minimum atomic E-state index is -0.242. The highest BCUT2D eigenvalue weighted by molar-refractivity contribution is 5.77. The summed E-state index contributed by atoms with van der Waals surface area (Å²) in [7, 11) is 1.38. The number of carbonyl (C=O) groups excluding carboxylic acids is 2. The van der Waals surface area contributed by atoms with Crippen molar-refractivity contribution in [3.63, 3.8) is 0 Å². The number of ether oxygens (including phenoxy) is 1. The molecule has 1 saturated heterocycles. The summed E-state index contributed by atoms with van der Waals surface area (Å²) in [4.78, 5) is 25.6. The van der Waals surface area contributed by atoms with Gasteiger partial charge in [-0.25, -0.2) is 0 Å². The van der Waals surface area contributed by atoms with Gasteiger partial charge >= 0.3 is 5.97 Å². The van der Waals surface area contributed by atoms with Crippen molar-refractivity contribution in [2.24, 2.45) is 5.92 Å². The van der Waals surface area contributed by atoms with E-state index in [1.165, 1.54) is 58.7 Å². The van der Waals surface area contributed by atoms with Crippen molar-refractivity contribution < 1.29 is 14.3 Å². The van der Waals surface area contributed by atoms with Crippen LogP contribution >= 0.6 is 0 Å². The molecule has 1 saturated carbocycles. The number of nitrogens with zero attached hydrogens (tertiary/aromatic N) is 1. The minimum absolute atomic E-state index is 0.0680. The van der Waals surface area contributed by atoms with Crippen LogP contribution in [0.25, 0.3) is 0 Å². The zero-order valence-electron chi connectivity index (χ0n) is 14.5.